The number of rotatable bonds is 6. The number of hydrogen-bond acceptors (Lipinski definition) is 9. The molecule has 0 aliphatic carbocycles. The van der Waals surface area contributed by atoms with Crippen LogP contribution in [0.25, 0.3) is 11.2 Å². The summed E-state index contributed by atoms with van der Waals surface area (Å²) < 4.78 is 22.6. The van der Waals surface area contributed by atoms with Crippen LogP contribution in [0.4, 0.5) is 5.95 Å². The molecule has 1 unspecified atom stereocenters. The quantitative estimate of drug-likeness (QED) is 0.321. The monoisotopic (exact) mass is 432 g/mol. The van der Waals surface area contributed by atoms with Crippen molar-refractivity contribution in [2.75, 3.05) is 26.4 Å². The zero-order chi connectivity index (χ0) is 21.5. The van der Waals surface area contributed by atoms with Gasteiger partial charge in [0, 0.05) is 26.4 Å². The maximum absolute atomic E-state index is 12.2. The van der Waals surface area contributed by atoms with Crippen molar-refractivity contribution in [3.8, 4) is 0 Å². The molecule has 0 saturated carbocycles. The van der Waals surface area contributed by atoms with Crippen LogP contribution in [0, 0.1) is 5.92 Å². The van der Waals surface area contributed by atoms with E-state index in [2.05, 4.69) is 19.5 Å². The summed E-state index contributed by atoms with van der Waals surface area (Å²) in [7, 11) is -1.73. The number of ether oxygens (including phenoxy) is 1. The molecule has 1 aliphatic heterocycles. The van der Waals surface area contributed by atoms with Gasteiger partial charge in [0.15, 0.2) is 17.4 Å². The molecule has 3 heterocycles. The zero-order valence-corrected chi connectivity index (χ0v) is 16.4. The minimum absolute atomic E-state index is 0.0363. The molecule has 0 radical (unpaired) electrons. The summed E-state index contributed by atoms with van der Waals surface area (Å²) in [5.41, 5.74) is 4.99. The molecule has 2 aromatic heterocycles. The van der Waals surface area contributed by atoms with E-state index in [1.54, 1.807) is 0 Å². The molecule has 29 heavy (non-hydrogen) atoms. The van der Waals surface area contributed by atoms with Crippen LogP contribution in [0.3, 0.4) is 0 Å². The van der Waals surface area contributed by atoms with Crippen LogP contribution in [0.5, 0.6) is 0 Å². The molecular weight excluding hydrogens is 411 g/mol. The van der Waals surface area contributed by atoms with Crippen molar-refractivity contribution in [2.45, 2.75) is 24.9 Å². The van der Waals surface area contributed by atoms with Gasteiger partial charge in [-0.25, -0.2) is 9.55 Å². The number of aromatic nitrogens is 4. The first-order valence-corrected chi connectivity index (χ1v) is 9.97. The van der Waals surface area contributed by atoms with Crippen molar-refractivity contribution in [3.05, 3.63) is 16.7 Å². The first kappa shape index (κ1) is 21.4. The second-order valence-corrected chi connectivity index (χ2v) is 8.01. The molecule has 14 nitrogen and oxygen atoms in total. The number of imidazole rings is 1. The summed E-state index contributed by atoms with van der Waals surface area (Å²) in [6.07, 6.45) is -2.40. The number of amides is 1. The highest BCUT2D eigenvalue weighted by Gasteiger charge is 2.46. The predicted octanol–water partition coefficient (Wildman–Crippen LogP) is -1.84. The van der Waals surface area contributed by atoms with Gasteiger partial charge in [-0.2, -0.15) is 4.98 Å². The number of phosphoric ester groups is 1. The van der Waals surface area contributed by atoms with Gasteiger partial charge in [0.05, 0.1) is 19.0 Å². The Morgan fingerprint density at radius 1 is 1.48 bits per heavy atom. The van der Waals surface area contributed by atoms with Gasteiger partial charge in [-0.3, -0.25) is 23.7 Å². The number of H-pyrrole nitrogens is 1. The van der Waals surface area contributed by atoms with Gasteiger partial charge in [-0.05, 0) is 0 Å². The summed E-state index contributed by atoms with van der Waals surface area (Å²) in [6.45, 7) is -0.563. The molecule has 2 aromatic rings. The van der Waals surface area contributed by atoms with Crippen molar-refractivity contribution in [1.29, 1.82) is 0 Å². The summed E-state index contributed by atoms with van der Waals surface area (Å²) in [4.78, 5) is 53.6. The third kappa shape index (κ3) is 4.47. The Balaban J connectivity index is 1.95. The average molecular weight is 432 g/mol. The Hall–Kier alpha value is -2.35. The van der Waals surface area contributed by atoms with Crippen molar-refractivity contribution < 1.29 is 33.5 Å². The molecule has 3 rings (SSSR count). The highest BCUT2D eigenvalue weighted by atomic mass is 31.2. The second kappa shape index (κ2) is 7.82. The SMILES string of the molecule is CN(C)C(=O)C[C@@H]1C(COP(=O)(O)O)O[C@@H](n2cnc3c(=O)[nH]c(N)nc32)[C@@H]1O. The highest BCUT2D eigenvalue weighted by molar-refractivity contribution is 7.46. The van der Waals surface area contributed by atoms with Crippen molar-refractivity contribution in [2.24, 2.45) is 5.92 Å². The van der Waals surface area contributed by atoms with E-state index in [0.29, 0.717) is 0 Å². The maximum Gasteiger partial charge on any atom is 0.469 e. The number of nitrogens with two attached hydrogens (primary N) is 1. The van der Waals surface area contributed by atoms with Crippen molar-refractivity contribution in [3.63, 3.8) is 0 Å². The summed E-state index contributed by atoms with van der Waals surface area (Å²) in [5, 5.41) is 10.8. The van der Waals surface area contributed by atoms with Crippen LogP contribution >= 0.6 is 7.82 Å². The van der Waals surface area contributed by atoms with E-state index >= 15 is 0 Å². The van der Waals surface area contributed by atoms with Crippen LogP contribution in [-0.4, -0.2) is 78.1 Å². The minimum Gasteiger partial charge on any atom is -0.388 e. The molecule has 1 saturated heterocycles. The van der Waals surface area contributed by atoms with Gasteiger partial charge in [0.2, 0.25) is 11.9 Å². The number of phosphoric acid groups is 1. The van der Waals surface area contributed by atoms with Crippen LogP contribution < -0.4 is 11.3 Å². The van der Waals surface area contributed by atoms with Crippen molar-refractivity contribution in [1.82, 2.24) is 24.4 Å². The van der Waals surface area contributed by atoms with E-state index in [9.17, 15) is 19.3 Å². The minimum atomic E-state index is -4.80. The van der Waals surface area contributed by atoms with E-state index in [1.807, 2.05) is 0 Å². The van der Waals surface area contributed by atoms with Gasteiger partial charge >= 0.3 is 7.82 Å². The molecule has 1 aliphatic rings. The zero-order valence-electron chi connectivity index (χ0n) is 15.5. The van der Waals surface area contributed by atoms with Gasteiger partial charge in [-0.15, -0.1) is 0 Å². The van der Waals surface area contributed by atoms with E-state index < -0.39 is 44.3 Å². The van der Waals surface area contributed by atoms with Crippen LogP contribution in [-0.2, 0) is 18.6 Å². The number of carbonyl (C=O) groups is 1. The Morgan fingerprint density at radius 3 is 2.79 bits per heavy atom. The number of fused-ring (bicyclic) bond motifs is 1. The van der Waals surface area contributed by atoms with Gasteiger partial charge in [0.1, 0.15) is 6.10 Å². The van der Waals surface area contributed by atoms with Crippen LogP contribution in [0.15, 0.2) is 11.1 Å². The van der Waals surface area contributed by atoms with Crippen LogP contribution in [0.2, 0.25) is 0 Å². The number of nitrogens with one attached hydrogen (secondary N) is 1. The Bertz CT molecular complexity index is 1020. The molecule has 4 atom stereocenters. The number of hydrogen-bond donors (Lipinski definition) is 5. The number of carbonyl (C=O) groups excluding carboxylic acids is 1. The lowest BCUT2D eigenvalue weighted by atomic mass is 9.94. The Labute approximate surface area is 163 Å². The van der Waals surface area contributed by atoms with Crippen molar-refractivity contribution >= 4 is 30.8 Å². The summed E-state index contributed by atoms with van der Waals surface area (Å²) >= 11 is 0. The molecule has 0 aromatic carbocycles. The van der Waals surface area contributed by atoms with Gasteiger partial charge in [-0.1, -0.05) is 0 Å². The molecule has 0 spiro atoms. The topological polar surface area (TPSA) is 206 Å². The number of nitrogens with zero attached hydrogens (tertiary/aromatic N) is 4. The molecule has 160 valence electrons. The third-order valence-corrected chi connectivity index (χ3v) is 5.05. The fraction of sp³-hybridized carbons (Fsp3) is 0.571. The van der Waals surface area contributed by atoms with E-state index in [-0.39, 0.29) is 29.4 Å². The number of aliphatic hydroxyl groups is 1. The number of aromatic amines is 1. The maximum atomic E-state index is 12.2. The fourth-order valence-electron chi connectivity index (χ4n) is 3.12. The van der Waals surface area contributed by atoms with E-state index in [0.717, 1.165) is 0 Å². The average Bonchev–Trinajstić information content (AvgIpc) is 3.14. The number of aliphatic hydroxyl groups excluding tert-OH is 1. The molecule has 6 N–H and O–H groups in total. The Kier molecular flexibility index (Phi) is 5.76. The third-order valence-electron chi connectivity index (χ3n) is 4.56. The van der Waals surface area contributed by atoms with E-state index in [1.165, 1.54) is 29.9 Å². The Morgan fingerprint density at radius 2 is 2.17 bits per heavy atom. The molecule has 15 heteroatoms. The lowest BCUT2D eigenvalue weighted by Crippen LogP contribution is -2.34. The number of nitrogen functional groups attached to an aromatic ring is 1. The lowest BCUT2D eigenvalue weighted by Gasteiger charge is -2.21. The molecular formula is C14H21N6O8P. The molecule has 1 fully saturated rings. The summed E-state index contributed by atoms with van der Waals surface area (Å²) in [6, 6.07) is 0. The summed E-state index contributed by atoms with van der Waals surface area (Å²) in [5.74, 6) is -1.34. The number of anilines is 1. The van der Waals surface area contributed by atoms with Gasteiger partial charge < -0.3 is 30.3 Å². The van der Waals surface area contributed by atoms with E-state index in [4.69, 9.17) is 20.3 Å². The lowest BCUT2D eigenvalue weighted by molar-refractivity contribution is -0.130. The standard InChI is InChI=1S/C14H21N6O8P/c1-19(2)8(21)3-6-7(4-27-29(24,25)26)28-13(10(6)22)20-5-16-9-11(20)17-14(15)18-12(9)23/h5-7,10,13,22H,3-4H2,1-2H3,(H2,24,25,26)(H3,15,17,18,23)/t6-,7?,10-,13-/m1/s1. The van der Waals surface area contributed by atoms with Crippen LogP contribution in [0.1, 0.15) is 12.6 Å². The molecule has 0 bridgehead atoms. The normalized spacial score (nSPS) is 24.9. The fourth-order valence-corrected chi connectivity index (χ4v) is 3.46. The first-order valence-electron chi connectivity index (χ1n) is 8.44. The second-order valence-electron chi connectivity index (χ2n) is 6.77. The smallest absolute Gasteiger partial charge is 0.388 e. The van der Waals surface area contributed by atoms with Gasteiger partial charge in [0.25, 0.3) is 5.56 Å². The largest absolute Gasteiger partial charge is 0.469 e. The predicted molar refractivity (Wildman–Crippen MR) is 97.3 cm³/mol. The highest BCUT2D eigenvalue weighted by Crippen LogP contribution is 2.41. The molecule has 1 amide bonds. The first-order chi connectivity index (χ1) is 13.5.